The zero-order chi connectivity index (χ0) is 15.2. The number of thiophene rings is 1. The zero-order valence-corrected chi connectivity index (χ0v) is 14.2. The van der Waals surface area contributed by atoms with Crippen LogP contribution < -0.4 is 0 Å². The topological polar surface area (TPSA) is 35.9 Å². The fourth-order valence-electron chi connectivity index (χ4n) is 3.02. The average Bonchev–Trinajstić information content (AvgIpc) is 2.89. The van der Waals surface area contributed by atoms with Crippen LogP contribution >= 0.6 is 11.3 Å². The lowest BCUT2D eigenvalue weighted by Crippen LogP contribution is -2.49. The molecular weight excluding hydrogens is 284 g/mol. The molecule has 4 nitrogen and oxygen atoms in total. The number of morpholine rings is 1. The van der Waals surface area contributed by atoms with Crippen molar-refractivity contribution >= 4 is 11.3 Å². The molecule has 1 saturated heterocycles. The van der Waals surface area contributed by atoms with E-state index in [1.165, 1.54) is 4.88 Å². The maximum Gasteiger partial charge on any atom is 0.0793 e. The van der Waals surface area contributed by atoms with E-state index >= 15 is 0 Å². The van der Waals surface area contributed by atoms with Gasteiger partial charge in [-0.2, -0.15) is 0 Å². The second kappa shape index (κ2) is 8.25. The van der Waals surface area contributed by atoms with Gasteiger partial charge in [0.25, 0.3) is 0 Å². The van der Waals surface area contributed by atoms with Crippen molar-refractivity contribution in [1.82, 2.24) is 9.80 Å². The lowest BCUT2D eigenvalue weighted by molar-refractivity contribution is -0.0780. The standard InChI is InChI=1S/C16H28N2O2S/c1-4-17(12-16-6-5-7-21-16)10-15(19)11-18-8-13(2)20-14(3)9-18/h5-7,13-15,19H,4,8-12H2,1-3H3. The van der Waals surface area contributed by atoms with Crippen LogP contribution in [0.1, 0.15) is 25.6 Å². The van der Waals surface area contributed by atoms with Gasteiger partial charge < -0.3 is 9.84 Å². The summed E-state index contributed by atoms with van der Waals surface area (Å²) in [4.78, 5) is 5.99. The molecule has 1 N–H and O–H groups in total. The Morgan fingerprint density at radius 2 is 2.14 bits per heavy atom. The number of rotatable bonds is 7. The molecule has 0 amide bonds. The normalized spacial score (nSPS) is 25.4. The van der Waals surface area contributed by atoms with Crippen LogP contribution in [0.2, 0.25) is 0 Å². The van der Waals surface area contributed by atoms with Crippen molar-refractivity contribution in [3.8, 4) is 0 Å². The molecule has 1 aromatic rings. The maximum absolute atomic E-state index is 10.4. The molecule has 21 heavy (non-hydrogen) atoms. The number of hydrogen-bond donors (Lipinski definition) is 1. The van der Waals surface area contributed by atoms with Crippen molar-refractivity contribution < 1.29 is 9.84 Å². The minimum Gasteiger partial charge on any atom is -0.390 e. The highest BCUT2D eigenvalue weighted by Gasteiger charge is 2.24. The number of likely N-dealkylation sites (N-methyl/N-ethyl adjacent to an activating group) is 1. The van der Waals surface area contributed by atoms with E-state index in [4.69, 9.17) is 4.74 Å². The summed E-state index contributed by atoms with van der Waals surface area (Å²) in [5, 5.41) is 12.5. The summed E-state index contributed by atoms with van der Waals surface area (Å²) >= 11 is 1.78. The van der Waals surface area contributed by atoms with Crippen molar-refractivity contribution in [2.24, 2.45) is 0 Å². The second-order valence-corrected chi connectivity index (χ2v) is 7.07. The Balaban J connectivity index is 1.78. The van der Waals surface area contributed by atoms with Gasteiger partial charge in [0.2, 0.25) is 0 Å². The first-order chi connectivity index (χ1) is 10.1. The van der Waals surface area contributed by atoms with Gasteiger partial charge in [-0.05, 0) is 31.8 Å². The highest BCUT2D eigenvalue weighted by Crippen LogP contribution is 2.14. The van der Waals surface area contributed by atoms with Crippen LogP contribution in [-0.2, 0) is 11.3 Å². The third kappa shape index (κ3) is 5.68. The third-order valence-electron chi connectivity index (χ3n) is 3.84. The summed E-state index contributed by atoms with van der Waals surface area (Å²) in [6.45, 7) is 11.5. The average molecular weight is 312 g/mol. The fourth-order valence-corrected chi connectivity index (χ4v) is 3.76. The van der Waals surface area contributed by atoms with E-state index in [2.05, 4.69) is 48.1 Å². The molecule has 0 bridgehead atoms. The van der Waals surface area contributed by atoms with Crippen molar-refractivity contribution in [3.63, 3.8) is 0 Å². The molecule has 3 unspecified atom stereocenters. The van der Waals surface area contributed by atoms with Gasteiger partial charge in [0, 0.05) is 37.6 Å². The maximum atomic E-state index is 10.4. The smallest absolute Gasteiger partial charge is 0.0793 e. The first-order valence-electron chi connectivity index (χ1n) is 7.87. The number of hydrogen-bond acceptors (Lipinski definition) is 5. The van der Waals surface area contributed by atoms with Crippen molar-refractivity contribution in [2.45, 2.75) is 45.6 Å². The summed E-state index contributed by atoms with van der Waals surface area (Å²) in [5.74, 6) is 0. The van der Waals surface area contributed by atoms with Crippen LogP contribution in [-0.4, -0.2) is 65.9 Å². The van der Waals surface area contributed by atoms with Gasteiger partial charge in [-0.1, -0.05) is 13.0 Å². The molecule has 0 spiro atoms. The van der Waals surface area contributed by atoms with E-state index in [0.29, 0.717) is 0 Å². The molecule has 0 radical (unpaired) electrons. The molecule has 1 aromatic heterocycles. The van der Waals surface area contributed by atoms with Gasteiger partial charge in [0.1, 0.15) is 0 Å². The monoisotopic (exact) mass is 312 g/mol. The van der Waals surface area contributed by atoms with E-state index in [-0.39, 0.29) is 18.3 Å². The van der Waals surface area contributed by atoms with Crippen LogP contribution in [0.5, 0.6) is 0 Å². The molecular formula is C16H28N2O2S. The van der Waals surface area contributed by atoms with Crippen molar-refractivity contribution in [2.75, 3.05) is 32.7 Å². The number of nitrogens with zero attached hydrogens (tertiary/aromatic N) is 2. The van der Waals surface area contributed by atoms with Crippen LogP contribution in [0.4, 0.5) is 0 Å². The lowest BCUT2D eigenvalue weighted by Gasteiger charge is -2.37. The van der Waals surface area contributed by atoms with Gasteiger partial charge in [-0.15, -0.1) is 11.3 Å². The van der Waals surface area contributed by atoms with Crippen molar-refractivity contribution in [3.05, 3.63) is 22.4 Å². The Labute approximate surface area is 132 Å². The SMILES string of the molecule is CCN(Cc1cccs1)CC(O)CN1CC(C)OC(C)C1. The Morgan fingerprint density at radius 3 is 2.71 bits per heavy atom. The molecule has 0 aliphatic carbocycles. The molecule has 1 aliphatic rings. The van der Waals surface area contributed by atoms with E-state index in [9.17, 15) is 5.11 Å². The van der Waals surface area contributed by atoms with Gasteiger partial charge >= 0.3 is 0 Å². The first kappa shape index (κ1) is 16.9. The van der Waals surface area contributed by atoms with Crippen LogP contribution in [0.3, 0.4) is 0 Å². The molecule has 3 atom stereocenters. The quantitative estimate of drug-likeness (QED) is 0.836. The van der Waals surface area contributed by atoms with Gasteiger partial charge in [-0.3, -0.25) is 9.80 Å². The van der Waals surface area contributed by atoms with Crippen LogP contribution in [0.15, 0.2) is 17.5 Å². The highest BCUT2D eigenvalue weighted by molar-refractivity contribution is 7.09. The minimum atomic E-state index is -0.303. The molecule has 1 fully saturated rings. The minimum absolute atomic E-state index is 0.259. The molecule has 0 saturated carbocycles. The van der Waals surface area contributed by atoms with Gasteiger partial charge in [0.05, 0.1) is 18.3 Å². The molecule has 1 aliphatic heterocycles. The molecule has 120 valence electrons. The zero-order valence-electron chi connectivity index (χ0n) is 13.4. The summed E-state index contributed by atoms with van der Waals surface area (Å²) in [6.07, 6.45) is 0.214. The second-order valence-electron chi connectivity index (χ2n) is 6.04. The first-order valence-corrected chi connectivity index (χ1v) is 8.75. The number of β-amino-alcohol motifs (C(OH)–C–C–N with tert-alkyl or cyclic N) is 1. The molecule has 2 heterocycles. The predicted molar refractivity (Wildman–Crippen MR) is 87.7 cm³/mol. The predicted octanol–water partition coefficient (Wildman–Crippen LogP) is 2.04. The summed E-state index contributed by atoms with van der Waals surface area (Å²) in [7, 11) is 0. The Kier molecular flexibility index (Phi) is 6.64. The van der Waals surface area contributed by atoms with E-state index in [1.807, 2.05) is 0 Å². The Bertz CT molecular complexity index is 389. The van der Waals surface area contributed by atoms with E-state index in [1.54, 1.807) is 11.3 Å². The van der Waals surface area contributed by atoms with Crippen molar-refractivity contribution in [1.29, 1.82) is 0 Å². The Morgan fingerprint density at radius 1 is 1.43 bits per heavy atom. The van der Waals surface area contributed by atoms with Crippen LogP contribution in [0.25, 0.3) is 0 Å². The number of aliphatic hydroxyl groups excluding tert-OH is 1. The van der Waals surface area contributed by atoms with Crippen LogP contribution in [0, 0.1) is 0 Å². The summed E-state index contributed by atoms with van der Waals surface area (Å²) in [5.41, 5.74) is 0. The summed E-state index contributed by atoms with van der Waals surface area (Å²) in [6, 6.07) is 4.24. The number of aliphatic hydroxyl groups is 1. The lowest BCUT2D eigenvalue weighted by atomic mass is 10.2. The largest absolute Gasteiger partial charge is 0.390 e. The van der Waals surface area contributed by atoms with Gasteiger partial charge in [0.15, 0.2) is 0 Å². The number of ether oxygens (including phenoxy) is 1. The van der Waals surface area contributed by atoms with E-state index < -0.39 is 0 Å². The highest BCUT2D eigenvalue weighted by atomic mass is 32.1. The fraction of sp³-hybridized carbons (Fsp3) is 0.750. The summed E-state index contributed by atoms with van der Waals surface area (Å²) < 4.78 is 5.74. The molecule has 0 aromatic carbocycles. The molecule has 2 rings (SSSR count). The van der Waals surface area contributed by atoms with E-state index in [0.717, 1.165) is 39.3 Å². The van der Waals surface area contributed by atoms with Gasteiger partial charge in [-0.25, -0.2) is 0 Å². The third-order valence-corrected chi connectivity index (χ3v) is 4.70. The molecule has 5 heteroatoms. The Hall–Kier alpha value is -0.460.